The second kappa shape index (κ2) is 6.54. The smallest absolute Gasteiger partial charge is 0.339 e. The van der Waals surface area contributed by atoms with Gasteiger partial charge in [0.2, 0.25) is 0 Å². The molecule has 0 bridgehead atoms. The van der Waals surface area contributed by atoms with Gasteiger partial charge in [-0.05, 0) is 37.0 Å². The lowest BCUT2D eigenvalue weighted by Crippen LogP contribution is -2.11. The summed E-state index contributed by atoms with van der Waals surface area (Å²) in [5.74, 6) is -1.43. The molecule has 0 heterocycles. The van der Waals surface area contributed by atoms with Crippen molar-refractivity contribution < 1.29 is 19.4 Å². The Labute approximate surface area is 114 Å². The Hall–Kier alpha value is -1.36. The summed E-state index contributed by atoms with van der Waals surface area (Å²) >= 11 is 3.33. The standard InChI is InChI=1S/C13H15BrO4/c1-8-5-6-11(13(16)17)12(18-9(2)15)10(8)4-3-7-14/h5-6H,3-4,7H2,1-2H3,(H,16,17). The third kappa shape index (κ3) is 3.57. The lowest BCUT2D eigenvalue weighted by atomic mass is 9.99. The Balaban J connectivity index is 3.29. The highest BCUT2D eigenvalue weighted by molar-refractivity contribution is 9.09. The van der Waals surface area contributed by atoms with E-state index in [9.17, 15) is 9.59 Å². The lowest BCUT2D eigenvalue weighted by Gasteiger charge is -2.14. The zero-order valence-electron chi connectivity index (χ0n) is 10.3. The fourth-order valence-corrected chi connectivity index (χ4v) is 1.99. The molecule has 0 atom stereocenters. The predicted octanol–water partition coefficient (Wildman–Crippen LogP) is 2.95. The molecule has 18 heavy (non-hydrogen) atoms. The first-order chi connectivity index (χ1) is 8.47. The minimum absolute atomic E-state index is 0.0281. The molecule has 5 heteroatoms. The van der Waals surface area contributed by atoms with Crippen LogP contribution in [-0.2, 0) is 11.2 Å². The average molecular weight is 315 g/mol. The molecular formula is C13H15BrO4. The summed E-state index contributed by atoms with van der Waals surface area (Å²) in [6.07, 6.45) is 1.51. The number of benzene rings is 1. The molecule has 0 fully saturated rings. The molecule has 1 aromatic carbocycles. The van der Waals surface area contributed by atoms with E-state index in [0.717, 1.165) is 22.9 Å². The highest BCUT2D eigenvalue weighted by Gasteiger charge is 2.18. The highest BCUT2D eigenvalue weighted by Crippen LogP contribution is 2.29. The van der Waals surface area contributed by atoms with Crippen LogP contribution in [0.25, 0.3) is 0 Å². The number of aromatic carboxylic acids is 1. The van der Waals surface area contributed by atoms with Gasteiger partial charge in [0.15, 0.2) is 0 Å². The summed E-state index contributed by atoms with van der Waals surface area (Å²) in [4.78, 5) is 22.2. The summed E-state index contributed by atoms with van der Waals surface area (Å²) in [7, 11) is 0. The number of alkyl halides is 1. The second-order valence-corrected chi connectivity index (χ2v) is 4.72. The summed E-state index contributed by atoms with van der Waals surface area (Å²) in [6.45, 7) is 3.14. The summed E-state index contributed by atoms with van der Waals surface area (Å²) in [6, 6.07) is 3.20. The predicted molar refractivity (Wildman–Crippen MR) is 71.6 cm³/mol. The van der Waals surface area contributed by atoms with Crippen molar-refractivity contribution in [3.05, 3.63) is 28.8 Å². The first kappa shape index (κ1) is 14.7. The minimum Gasteiger partial charge on any atom is -0.478 e. The van der Waals surface area contributed by atoms with Crippen molar-refractivity contribution in [2.24, 2.45) is 0 Å². The van der Waals surface area contributed by atoms with E-state index in [0.29, 0.717) is 6.42 Å². The Bertz CT molecular complexity index is 468. The minimum atomic E-state index is -1.09. The molecule has 1 rings (SSSR count). The molecule has 1 aromatic rings. The second-order valence-electron chi connectivity index (χ2n) is 3.93. The van der Waals surface area contributed by atoms with E-state index < -0.39 is 11.9 Å². The van der Waals surface area contributed by atoms with E-state index in [2.05, 4.69) is 15.9 Å². The van der Waals surface area contributed by atoms with Crippen LogP contribution in [0.1, 0.15) is 34.8 Å². The SMILES string of the molecule is CC(=O)Oc1c(C(=O)O)ccc(C)c1CCCBr. The van der Waals surface area contributed by atoms with Gasteiger partial charge in [0, 0.05) is 12.3 Å². The average Bonchev–Trinajstić information content (AvgIpc) is 2.27. The van der Waals surface area contributed by atoms with E-state index >= 15 is 0 Å². The van der Waals surface area contributed by atoms with Crippen LogP contribution in [0.5, 0.6) is 5.75 Å². The molecule has 0 aliphatic rings. The first-order valence-corrected chi connectivity index (χ1v) is 6.69. The van der Waals surface area contributed by atoms with Crippen LogP contribution >= 0.6 is 15.9 Å². The van der Waals surface area contributed by atoms with Gasteiger partial charge in [-0.25, -0.2) is 4.79 Å². The molecule has 4 nitrogen and oxygen atoms in total. The topological polar surface area (TPSA) is 63.6 Å². The number of carbonyl (C=O) groups excluding carboxylic acids is 1. The molecule has 0 aliphatic heterocycles. The number of ether oxygens (including phenoxy) is 1. The third-order valence-corrected chi connectivity index (χ3v) is 3.09. The van der Waals surface area contributed by atoms with Crippen molar-refractivity contribution >= 4 is 27.9 Å². The zero-order chi connectivity index (χ0) is 13.7. The van der Waals surface area contributed by atoms with E-state index in [1.54, 1.807) is 6.07 Å². The van der Waals surface area contributed by atoms with Gasteiger partial charge >= 0.3 is 11.9 Å². The molecule has 0 aromatic heterocycles. The van der Waals surface area contributed by atoms with Crippen molar-refractivity contribution in [3.63, 3.8) is 0 Å². The van der Waals surface area contributed by atoms with Crippen molar-refractivity contribution in [2.45, 2.75) is 26.7 Å². The van der Waals surface area contributed by atoms with Gasteiger partial charge in [-0.15, -0.1) is 0 Å². The van der Waals surface area contributed by atoms with Gasteiger partial charge < -0.3 is 9.84 Å². The molecule has 0 amide bonds. The van der Waals surface area contributed by atoms with Crippen molar-refractivity contribution in [1.29, 1.82) is 0 Å². The van der Waals surface area contributed by atoms with Crippen LogP contribution in [0, 0.1) is 6.92 Å². The number of aryl methyl sites for hydroxylation is 1. The van der Waals surface area contributed by atoms with Gasteiger partial charge in [-0.2, -0.15) is 0 Å². The maximum atomic E-state index is 11.1. The molecule has 0 saturated heterocycles. The number of esters is 1. The molecule has 0 unspecified atom stereocenters. The van der Waals surface area contributed by atoms with Gasteiger partial charge in [0.25, 0.3) is 0 Å². The molecule has 98 valence electrons. The molecule has 0 radical (unpaired) electrons. The van der Waals surface area contributed by atoms with Crippen LogP contribution in [0.4, 0.5) is 0 Å². The number of carboxylic acid groups (broad SMARTS) is 1. The monoisotopic (exact) mass is 314 g/mol. The van der Waals surface area contributed by atoms with Crippen LogP contribution in [0.2, 0.25) is 0 Å². The quantitative estimate of drug-likeness (QED) is 0.515. The molecule has 0 spiro atoms. The van der Waals surface area contributed by atoms with E-state index in [1.165, 1.54) is 13.0 Å². The molecule has 1 N–H and O–H groups in total. The highest BCUT2D eigenvalue weighted by atomic mass is 79.9. The number of hydrogen-bond acceptors (Lipinski definition) is 3. The van der Waals surface area contributed by atoms with E-state index in [4.69, 9.17) is 9.84 Å². The Morgan fingerprint density at radius 1 is 1.39 bits per heavy atom. The lowest BCUT2D eigenvalue weighted by molar-refractivity contribution is -0.131. The number of halogens is 1. The largest absolute Gasteiger partial charge is 0.478 e. The summed E-state index contributed by atoms with van der Waals surface area (Å²) in [5, 5.41) is 9.93. The van der Waals surface area contributed by atoms with Gasteiger partial charge in [-0.3, -0.25) is 4.79 Å². The molecule has 0 aliphatic carbocycles. The number of carboxylic acids is 1. The molecular weight excluding hydrogens is 300 g/mol. The first-order valence-electron chi connectivity index (χ1n) is 5.57. The van der Waals surface area contributed by atoms with E-state index in [1.807, 2.05) is 6.92 Å². The van der Waals surface area contributed by atoms with Gasteiger partial charge in [0.1, 0.15) is 11.3 Å². The van der Waals surface area contributed by atoms with Gasteiger partial charge in [0.05, 0.1) is 0 Å². The Morgan fingerprint density at radius 3 is 2.56 bits per heavy atom. The Kier molecular flexibility index (Phi) is 5.34. The van der Waals surface area contributed by atoms with Gasteiger partial charge in [-0.1, -0.05) is 22.0 Å². The fraction of sp³-hybridized carbons (Fsp3) is 0.385. The summed E-state index contributed by atoms with van der Waals surface area (Å²) < 4.78 is 5.08. The number of rotatable bonds is 5. The third-order valence-electron chi connectivity index (χ3n) is 2.53. The van der Waals surface area contributed by atoms with Crippen LogP contribution in [0.15, 0.2) is 12.1 Å². The molecule has 0 saturated carbocycles. The summed E-state index contributed by atoms with van der Waals surface area (Å²) in [5.41, 5.74) is 1.74. The maximum absolute atomic E-state index is 11.1. The normalized spacial score (nSPS) is 10.2. The number of carbonyl (C=O) groups is 2. The Morgan fingerprint density at radius 2 is 2.06 bits per heavy atom. The van der Waals surface area contributed by atoms with Crippen LogP contribution in [-0.4, -0.2) is 22.4 Å². The van der Waals surface area contributed by atoms with Crippen molar-refractivity contribution in [3.8, 4) is 5.75 Å². The zero-order valence-corrected chi connectivity index (χ0v) is 11.9. The maximum Gasteiger partial charge on any atom is 0.339 e. The van der Waals surface area contributed by atoms with Crippen LogP contribution in [0.3, 0.4) is 0 Å². The van der Waals surface area contributed by atoms with Crippen LogP contribution < -0.4 is 4.74 Å². The van der Waals surface area contributed by atoms with Crippen molar-refractivity contribution in [1.82, 2.24) is 0 Å². The van der Waals surface area contributed by atoms with Crippen molar-refractivity contribution in [2.75, 3.05) is 5.33 Å². The fourth-order valence-electron chi connectivity index (χ4n) is 1.71. The number of hydrogen-bond donors (Lipinski definition) is 1. The van der Waals surface area contributed by atoms with E-state index in [-0.39, 0.29) is 11.3 Å².